The van der Waals surface area contributed by atoms with Crippen molar-refractivity contribution in [3.8, 4) is 6.07 Å². The fourth-order valence-corrected chi connectivity index (χ4v) is 3.52. The first-order valence-corrected chi connectivity index (χ1v) is 8.87. The number of anilines is 1. The molecular weight excluding hydrogens is 354 g/mol. The predicted octanol–water partition coefficient (Wildman–Crippen LogP) is 2.43. The van der Waals surface area contributed by atoms with Crippen molar-refractivity contribution in [1.29, 1.82) is 5.26 Å². The zero-order valence-corrected chi connectivity index (χ0v) is 16.0. The van der Waals surface area contributed by atoms with Crippen LogP contribution < -0.4 is 10.2 Å². The maximum absolute atomic E-state index is 13.3. The van der Waals surface area contributed by atoms with Crippen molar-refractivity contribution in [1.82, 2.24) is 5.32 Å². The number of amides is 2. The normalized spacial score (nSPS) is 20.6. The van der Waals surface area contributed by atoms with Gasteiger partial charge >= 0.3 is 0 Å². The van der Waals surface area contributed by atoms with E-state index in [2.05, 4.69) is 11.9 Å². The summed E-state index contributed by atoms with van der Waals surface area (Å²) in [6, 6.07) is 7.58. The Balaban J connectivity index is 2.18. The van der Waals surface area contributed by atoms with E-state index in [1.165, 1.54) is 17.1 Å². The Bertz CT molecular complexity index is 973. The lowest BCUT2D eigenvalue weighted by Gasteiger charge is -2.35. The van der Waals surface area contributed by atoms with Gasteiger partial charge in [0.15, 0.2) is 5.78 Å². The van der Waals surface area contributed by atoms with Gasteiger partial charge in [-0.3, -0.25) is 19.3 Å². The second kappa shape index (κ2) is 6.61. The number of rotatable bonds is 2. The van der Waals surface area contributed by atoms with E-state index in [4.69, 9.17) is 0 Å². The van der Waals surface area contributed by atoms with E-state index in [1.54, 1.807) is 36.4 Å². The van der Waals surface area contributed by atoms with Crippen LogP contribution in [0.25, 0.3) is 0 Å². The molecule has 3 rings (SSSR count). The molecule has 6 heteroatoms. The number of hydrogen-bond donors (Lipinski definition) is 1. The van der Waals surface area contributed by atoms with Crippen molar-refractivity contribution >= 4 is 23.3 Å². The first kappa shape index (κ1) is 19.3. The first-order valence-electron chi connectivity index (χ1n) is 8.87. The summed E-state index contributed by atoms with van der Waals surface area (Å²) in [6.07, 6.45) is 5.84. The number of hydrogen-bond acceptors (Lipinski definition) is 4. The molecular formula is C22H21N3O3. The summed E-state index contributed by atoms with van der Waals surface area (Å²) in [5, 5.41) is 12.1. The van der Waals surface area contributed by atoms with Crippen LogP contribution in [0.15, 0.2) is 60.7 Å². The van der Waals surface area contributed by atoms with Crippen molar-refractivity contribution in [3.63, 3.8) is 0 Å². The van der Waals surface area contributed by atoms with Crippen molar-refractivity contribution < 1.29 is 14.4 Å². The summed E-state index contributed by atoms with van der Waals surface area (Å²) < 4.78 is 0. The highest BCUT2D eigenvalue weighted by Crippen LogP contribution is 2.47. The molecule has 0 bridgehead atoms. The largest absolute Gasteiger partial charge is 0.350 e. The van der Waals surface area contributed by atoms with Gasteiger partial charge in [-0.15, -0.1) is 0 Å². The van der Waals surface area contributed by atoms with E-state index in [-0.39, 0.29) is 17.3 Å². The lowest BCUT2D eigenvalue weighted by atomic mass is 9.74. The molecule has 1 spiro atoms. The lowest BCUT2D eigenvalue weighted by Crippen LogP contribution is -2.55. The van der Waals surface area contributed by atoms with E-state index in [0.29, 0.717) is 11.3 Å². The van der Waals surface area contributed by atoms with Gasteiger partial charge < -0.3 is 5.32 Å². The first-order chi connectivity index (χ1) is 13.1. The van der Waals surface area contributed by atoms with Crippen LogP contribution in [0.5, 0.6) is 0 Å². The van der Waals surface area contributed by atoms with Crippen LogP contribution in [-0.2, 0) is 14.4 Å². The molecule has 0 saturated carbocycles. The number of nitrogens with one attached hydrogen (secondary N) is 1. The van der Waals surface area contributed by atoms with Gasteiger partial charge in [0.2, 0.25) is 5.91 Å². The summed E-state index contributed by atoms with van der Waals surface area (Å²) in [6.45, 7) is 9.48. The molecule has 1 N–H and O–H groups in total. The van der Waals surface area contributed by atoms with Crippen LogP contribution in [0.1, 0.15) is 26.3 Å². The molecule has 0 radical (unpaired) electrons. The number of nitriles is 1. The van der Waals surface area contributed by atoms with E-state index < -0.39 is 22.9 Å². The molecule has 1 fully saturated rings. The average molecular weight is 375 g/mol. The fourth-order valence-electron chi connectivity index (χ4n) is 3.52. The van der Waals surface area contributed by atoms with Gasteiger partial charge in [-0.25, -0.2) is 0 Å². The maximum atomic E-state index is 13.3. The van der Waals surface area contributed by atoms with Gasteiger partial charge in [0.1, 0.15) is 6.04 Å². The molecule has 28 heavy (non-hydrogen) atoms. The molecule has 142 valence electrons. The van der Waals surface area contributed by atoms with Crippen LogP contribution in [0, 0.1) is 16.7 Å². The Morgan fingerprint density at radius 1 is 1.25 bits per heavy atom. The van der Waals surface area contributed by atoms with Gasteiger partial charge in [-0.1, -0.05) is 24.8 Å². The molecule has 1 atom stereocenters. The van der Waals surface area contributed by atoms with Crippen molar-refractivity contribution in [2.75, 3.05) is 4.90 Å². The SMILES string of the molecule is C=C1C(=O)N(c2cccc(C#N)c2)[C@@H](C(=O)NC(C)(C)C)C12C=CC(=O)C=C2. The van der Waals surface area contributed by atoms with E-state index in [9.17, 15) is 19.6 Å². The Labute approximate surface area is 163 Å². The third-order valence-corrected chi connectivity index (χ3v) is 4.76. The molecule has 1 aliphatic heterocycles. The molecule has 1 saturated heterocycles. The summed E-state index contributed by atoms with van der Waals surface area (Å²) >= 11 is 0. The Hall–Kier alpha value is -3.46. The van der Waals surface area contributed by atoms with Crippen LogP contribution in [0.4, 0.5) is 5.69 Å². The number of carbonyl (C=O) groups excluding carboxylic acids is 3. The summed E-state index contributed by atoms with van der Waals surface area (Å²) in [5.41, 5.74) is -0.665. The van der Waals surface area contributed by atoms with Gasteiger partial charge in [0, 0.05) is 16.8 Å². The van der Waals surface area contributed by atoms with Crippen molar-refractivity contribution in [3.05, 3.63) is 66.3 Å². The zero-order chi connectivity index (χ0) is 20.7. The van der Waals surface area contributed by atoms with Gasteiger partial charge in [0.25, 0.3) is 5.91 Å². The number of carbonyl (C=O) groups is 3. The number of ketones is 1. The number of nitrogens with zero attached hydrogens (tertiary/aromatic N) is 2. The maximum Gasteiger partial charge on any atom is 0.255 e. The molecule has 6 nitrogen and oxygen atoms in total. The Morgan fingerprint density at radius 2 is 1.89 bits per heavy atom. The van der Waals surface area contributed by atoms with Crippen LogP contribution in [-0.4, -0.2) is 29.2 Å². The molecule has 1 aromatic carbocycles. The van der Waals surface area contributed by atoms with Gasteiger partial charge in [-0.2, -0.15) is 5.26 Å². The van der Waals surface area contributed by atoms with E-state index in [0.717, 1.165) is 0 Å². The zero-order valence-electron chi connectivity index (χ0n) is 16.0. The second-order valence-corrected chi connectivity index (χ2v) is 7.96. The standard InChI is InChI=1S/C22H21N3O3/c1-14-20(28)25(16-7-5-6-15(12-16)13-23)18(19(27)24-21(2,3)4)22(14)10-8-17(26)9-11-22/h5-12,18H,1H2,2-4H3,(H,24,27)/t18-/m0/s1. The molecule has 1 heterocycles. The van der Waals surface area contributed by atoms with E-state index in [1.807, 2.05) is 26.8 Å². The highest BCUT2D eigenvalue weighted by Gasteiger charge is 2.57. The third kappa shape index (κ3) is 3.16. The highest BCUT2D eigenvalue weighted by atomic mass is 16.2. The van der Waals surface area contributed by atoms with Crippen molar-refractivity contribution in [2.45, 2.75) is 32.4 Å². The van der Waals surface area contributed by atoms with Gasteiger partial charge in [-0.05, 0) is 51.1 Å². The summed E-state index contributed by atoms with van der Waals surface area (Å²) in [4.78, 5) is 39.5. The minimum atomic E-state index is -1.14. The molecule has 2 aliphatic rings. The topological polar surface area (TPSA) is 90.3 Å². The minimum absolute atomic E-state index is 0.198. The molecule has 1 aromatic rings. The number of benzene rings is 1. The molecule has 1 aliphatic carbocycles. The summed E-state index contributed by atoms with van der Waals surface area (Å²) in [7, 11) is 0. The smallest absolute Gasteiger partial charge is 0.255 e. The molecule has 2 amide bonds. The quantitative estimate of drug-likeness (QED) is 0.804. The Morgan fingerprint density at radius 3 is 2.46 bits per heavy atom. The van der Waals surface area contributed by atoms with Crippen molar-refractivity contribution in [2.24, 2.45) is 5.41 Å². The van der Waals surface area contributed by atoms with Crippen LogP contribution >= 0.6 is 0 Å². The minimum Gasteiger partial charge on any atom is -0.350 e. The fraction of sp³-hybridized carbons (Fsp3) is 0.273. The van der Waals surface area contributed by atoms with E-state index >= 15 is 0 Å². The third-order valence-electron chi connectivity index (χ3n) is 4.76. The van der Waals surface area contributed by atoms with Crippen LogP contribution in [0.3, 0.4) is 0 Å². The monoisotopic (exact) mass is 375 g/mol. The summed E-state index contributed by atoms with van der Waals surface area (Å²) in [5.74, 6) is -1.01. The second-order valence-electron chi connectivity index (χ2n) is 7.96. The van der Waals surface area contributed by atoms with Gasteiger partial charge in [0.05, 0.1) is 17.0 Å². The Kier molecular flexibility index (Phi) is 4.56. The molecule has 0 aromatic heterocycles. The predicted molar refractivity (Wildman–Crippen MR) is 105 cm³/mol. The average Bonchev–Trinajstić information content (AvgIpc) is 2.85. The highest BCUT2D eigenvalue weighted by molar-refractivity contribution is 6.17. The molecule has 0 unspecified atom stereocenters. The number of allylic oxidation sites excluding steroid dienone is 2. The lowest BCUT2D eigenvalue weighted by molar-refractivity contribution is -0.125. The van der Waals surface area contributed by atoms with Crippen LogP contribution in [0.2, 0.25) is 0 Å².